The maximum Gasteiger partial charge on any atom is 0.0904 e. The van der Waals surface area contributed by atoms with Crippen molar-refractivity contribution in [2.75, 3.05) is 0 Å². The first-order valence-corrected chi connectivity index (χ1v) is 6.99. The van der Waals surface area contributed by atoms with Crippen molar-refractivity contribution in [3.05, 3.63) is 38.1 Å². The second-order valence-electron chi connectivity index (χ2n) is 4.23. The molecule has 0 N–H and O–H groups in total. The molecule has 0 spiro atoms. The molecule has 0 aliphatic heterocycles. The second-order valence-corrected chi connectivity index (χ2v) is 6.28. The first-order chi connectivity index (χ1) is 7.99. The number of nitrogens with zero attached hydrogens (tertiary/aromatic N) is 1. The molecule has 17 heavy (non-hydrogen) atoms. The molecule has 1 heterocycles. The van der Waals surface area contributed by atoms with E-state index in [4.69, 9.17) is 23.2 Å². The number of aromatic nitrogens is 1. The molecule has 0 saturated heterocycles. The van der Waals surface area contributed by atoms with Crippen LogP contribution in [0.15, 0.2) is 18.2 Å². The minimum atomic E-state index is 0.464. The summed E-state index contributed by atoms with van der Waals surface area (Å²) in [6, 6.07) is 5.66. The van der Waals surface area contributed by atoms with Gasteiger partial charge in [0.25, 0.3) is 0 Å². The second kappa shape index (κ2) is 4.97. The molecule has 0 aliphatic carbocycles. The summed E-state index contributed by atoms with van der Waals surface area (Å²) in [6.07, 6.45) is 0. The van der Waals surface area contributed by atoms with Crippen LogP contribution in [-0.2, 0) is 0 Å². The highest BCUT2D eigenvalue weighted by Gasteiger charge is 2.14. The zero-order valence-electron chi connectivity index (χ0n) is 9.92. The van der Waals surface area contributed by atoms with Gasteiger partial charge < -0.3 is 0 Å². The fourth-order valence-electron chi connectivity index (χ4n) is 1.68. The van der Waals surface area contributed by atoms with Gasteiger partial charge in [0.15, 0.2) is 0 Å². The van der Waals surface area contributed by atoms with Crippen molar-refractivity contribution in [2.45, 2.75) is 26.7 Å². The van der Waals surface area contributed by atoms with Crippen molar-refractivity contribution in [1.29, 1.82) is 0 Å². The van der Waals surface area contributed by atoms with Gasteiger partial charge >= 0.3 is 0 Å². The van der Waals surface area contributed by atoms with Crippen molar-refractivity contribution >= 4 is 34.5 Å². The third-order valence-corrected chi connectivity index (χ3v) is 4.49. The number of rotatable bonds is 2. The molecule has 0 bridgehead atoms. The van der Waals surface area contributed by atoms with Crippen LogP contribution in [0.25, 0.3) is 11.3 Å². The number of halogens is 2. The van der Waals surface area contributed by atoms with E-state index in [2.05, 4.69) is 18.8 Å². The predicted molar refractivity (Wildman–Crippen MR) is 76.4 cm³/mol. The molecule has 1 nitrogen and oxygen atoms in total. The molecule has 0 fully saturated rings. The first kappa shape index (κ1) is 12.9. The summed E-state index contributed by atoms with van der Waals surface area (Å²) in [5, 5.41) is 2.23. The van der Waals surface area contributed by atoms with Gasteiger partial charge in [-0.3, -0.25) is 0 Å². The van der Waals surface area contributed by atoms with E-state index < -0.39 is 0 Å². The summed E-state index contributed by atoms with van der Waals surface area (Å²) in [5.74, 6) is 0.464. The van der Waals surface area contributed by atoms with Gasteiger partial charge in [-0.25, -0.2) is 4.98 Å². The maximum atomic E-state index is 6.05. The zero-order valence-corrected chi connectivity index (χ0v) is 12.2. The summed E-state index contributed by atoms with van der Waals surface area (Å²) in [7, 11) is 0. The molecular weight excluding hydrogens is 273 g/mol. The van der Waals surface area contributed by atoms with Gasteiger partial charge in [-0.15, -0.1) is 11.3 Å². The Labute approximate surface area is 115 Å². The SMILES string of the molecule is Cc1nc(-c2ccc(Cl)c(Cl)c2)c(C(C)C)s1. The van der Waals surface area contributed by atoms with E-state index in [0.29, 0.717) is 16.0 Å². The molecule has 2 rings (SSSR count). The molecule has 0 amide bonds. The third-order valence-electron chi connectivity index (χ3n) is 2.48. The molecule has 1 aromatic heterocycles. The Balaban J connectivity index is 2.55. The highest BCUT2D eigenvalue weighted by molar-refractivity contribution is 7.12. The summed E-state index contributed by atoms with van der Waals surface area (Å²) in [4.78, 5) is 5.88. The van der Waals surface area contributed by atoms with Crippen molar-refractivity contribution in [1.82, 2.24) is 4.98 Å². The molecule has 0 unspecified atom stereocenters. The average molecular weight is 286 g/mol. The van der Waals surface area contributed by atoms with Crippen LogP contribution in [0, 0.1) is 6.92 Å². The summed E-state index contributed by atoms with van der Waals surface area (Å²) < 4.78 is 0. The van der Waals surface area contributed by atoms with E-state index in [9.17, 15) is 0 Å². The fraction of sp³-hybridized carbons (Fsp3) is 0.308. The Morgan fingerprint density at radius 1 is 1.18 bits per heavy atom. The van der Waals surface area contributed by atoms with Crippen LogP contribution < -0.4 is 0 Å². The van der Waals surface area contributed by atoms with Crippen molar-refractivity contribution in [3.63, 3.8) is 0 Å². The lowest BCUT2D eigenvalue weighted by Crippen LogP contribution is -1.88. The Bertz CT molecular complexity index is 546. The van der Waals surface area contributed by atoms with E-state index in [-0.39, 0.29) is 0 Å². The monoisotopic (exact) mass is 285 g/mol. The lowest BCUT2D eigenvalue weighted by atomic mass is 10.1. The topological polar surface area (TPSA) is 12.9 Å². The van der Waals surface area contributed by atoms with E-state index >= 15 is 0 Å². The molecule has 1 aromatic carbocycles. The maximum absolute atomic E-state index is 6.05. The smallest absolute Gasteiger partial charge is 0.0904 e. The minimum Gasteiger partial charge on any atom is -0.241 e. The van der Waals surface area contributed by atoms with Gasteiger partial charge in [-0.05, 0) is 25.0 Å². The summed E-state index contributed by atoms with van der Waals surface area (Å²) >= 11 is 13.7. The van der Waals surface area contributed by atoms with Crippen molar-refractivity contribution in [2.24, 2.45) is 0 Å². The van der Waals surface area contributed by atoms with Gasteiger partial charge in [0.05, 0.1) is 20.7 Å². The van der Waals surface area contributed by atoms with Crippen LogP contribution in [0.4, 0.5) is 0 Å². The predicted octanol–water partition coefficient (Wildman–Crippen LogP) is 5.55. The van der Waals surface area contributed by atoms with Gasteiger partial charge in [-0.2, -0.15) is 0 Å². The number of thiazole rings is 1. The molecule has 0 atom stereocenters. The van der Waals surface area contributed by atoms with Gasteiger partial charge in [0, 0.05) is 10.4 Å². The van der Waals surface area contributed by atoms with Gasteiger partial charge in [-0.1, -0.05) is 43.1 Å². The van der Waals surface area contributed by atoms with Crippen LogP contribution in [0.2, 0.25) is 10.0 Å². The van der Waals surface area contributed by atoms with Gasteiger partial charge in [0.1, 0.15) is 0 Å². The average Bonchev–Trinajstić information content (AvgIpc) is 2.64. The van der Waals surface area contributed by atoms with E-state index in [0.717, 1.165) is 16.3 Å². The number of hydrogen-bond acceptors (Lipinski definition) is 2. The molecular formula is C13H13Cl2NS. The lowest BCUT2D eigenvalue weighted by molar-refractivity contribution is 0.888. The molecule has 4 heteroatoms. The van der Waals surface area contributed by atoms with Crippen molar-refractivity contribution < 1.29 is 0 Å². The Hall–Kier alpha value is -0.570. The van der Waals surface area contributed by atoms with Crippen LogP contribution in [0.5, 0.6) is 0 Å². The zero-order chi connectivity index (χ0) is 12.6. The molecule has 0 aliphatic rings. The van der Waals surface area contributed by atoms with E-state index in [1.807, 2.05) is 25.1 Å². The van der Waals surface area contributed by atoms with E-state index in [1.165, 1.54) is 4.88 Å². The highest BCUT2D eigenvalue weighted by atomic mass is 35.5. The third kappa shape index (κ3) is 2.65. The van der Waals surface area contributed by atoms with E-state index in [1.54, 1.807) is 11.3 Å². The molecule has 0 radical (unpaired) electrons. The summed E-state index contributed by atoms with van der Waals surface area (Å²) in [5.41, 5.74) is 2.06. The van der Waals surface area contributed by atoms with Crippen molar-refractivity contribution in [3.8, 4) is 11.3 Å². The molecule has 90 valence electrons. The van der Waals surface area contributed by atoms with Crippen LogP contribution in [0.1, 0.15) is 29.7 Å². The largest absolute Gasteiger partial charge is 0.241 e. The van der Waals surface area contributed by atoms with Gasteiger partial charge in [0.2, 0.25) is 0 Å². The quantitative estimate of drug-likeness (QED) is 0.705. The normalized spacial score (nSPS) is 11.2. The summed E-state index contributed by atoms with van der Waals surface area (Å²) in [6.45, 7) is 6.37. The lowest BCUT2D eigenvalue weighted by Gasteiger charge is -2.06. The highest BCUT2D eigenvalue weighted by Crippen LogP contribution is 2.35. The number of aryl methyl sites for hydroxylation is 1. The Morgan fingerprint density at radius 2 is 1.88 bits per heavy atom. The number of benzene rings is 1. The van der Waals surface area contributed by atoms with Crippen LogP contribution in [0.3, 0.4) is 0 Å². The Kier molecular flexibility index (Phi) is 3.76. The Morgan fingerprint density at radius 3 is 2.47 bits per heavy atom. The van der Waals surface area contributed by atoms with Crippen LogP contribution >= 0.6 is 34.5 Å². The molecule has 0 saturated carbocycles. The fourth-order valence-corrected chi connectivity index (χ4v) is 2.93. The first-order valence-electron chi connectivity index (χ1n) is 5.41. The van der Waals surface area contributed by atoms with Crippen LogP contribution in [-0.4, -0.2) is 4.98 Å². The molecule has 2 aromatic rings. The number of hydrogen-bond donors (Lipinski definition) is 0. The minimum absolute atomic E-state index is 0.464. The standard InChI is InChI=1S/C13H13Cl2NS/c1-7(2)13-12(16-8(3)17-13)9-4-5-10(14)11(15)6-9/h4-7H,1-3H3.